The molecule has 1 aromatic carbocycles. The fourth-order valence-electron chi connectivity index (χ4n) is 3.07. The third kappa shape index (κ3) is 3.33. The van der Waals surface area contributed by atoms with Crippen molar-refractivity contribution in [3.8, 4) is 0 Å². The van der Waals surface area contributed by atoms with Crippen molar-refractivity contribution < 1.29 is 28.8 Å². The van der Waals surface area contributed by atoms with E-state index in [1.165, 1.54) is 0 Å². The lowest BCUT2D eigenvalue weighted by atomic mass is 10.0. The van der Waals surface area contributed by atoms with Crippen LogP contribution in [0.3, 0.4) is 0 Å². The molecule has 0 aliphatic carbocycles. The molecule has 25 heavy (non-hydrogen) atoms. The Kier molecular flexibility index (Phi) is 4.68. The SMILES string of the molecule is CC1(C)O[C@H]2[C@@H](O1)[C@](CO)(N=[N+]=[N-])O[C@@H]2COC(=O)c1ccccc1. The van der Waals surface area contributed by atoms with E-state index in [0.717, 1.165) is 0 Å². The first-order chi connectivity index (χ1) is 11.9. The summed E-state index contributed by atoms with van der Waals surface area (Å²) in [6.45, 7) is 2.70. The van der Waals surface area contributed by atoms with Crippen LogP contribution in [0.2, 0.25) is 0 Å². The minimum Gasteiger partial charge on any atom is -0.459 e. The van der Waals surface area contributed by atoms with Crippen molar-refractivity contribution in [2.24, 2.45) is 5.11 Å². The highest BCUT2D eigenvalue weighted by atomic mass is 16.8. The molecule has 134 valence electrons. The summed E-state index contributed by atoms with van der Waals surface area (Å²) in [7, 11) is 0. The van der Waals surface area contributed by atoms with Crippen LogP contribution >= 0.6 is 0 Å². The molecule has 0 bridgehead atoms. The maximum absolute atomic E-state index is 12.1. The molecule has 9 heteroatoms. The average molecular weight is 349 g/mol. The Balaban J connectivity index is 1.75. The predicted molar refractivity (Wildman–Crippen MR) is 84.4 cm³/mol. The van der Waals surface area contributed by atoms with Crippen molar-refractivity contribution in [3.05, 3.63) is 46.3 Å². The molecule has 0 aromatic heterocycles. The van der Waals surface area contributed by atoms with Gasteiger partial charge in [-0.05, 0) is 31.5 Å². The Morgan fingerprint density at radius 3 is 2.68 bits per heavy atom. The second kappa shape index (κ2) is 6.62. The Bertz CT molecular complexity index is 690. The molecule has 1 N–H and O–H groups in total. The predicted octanol–water partition coefficient (Wildman–Crippen LogP) is 1.76. The van der Waals surface area contributed by atoms with Gasteiger partial charge in [-0.2, -0.15) is 0 Å². The van der Waals surface area contributed by atoms with Gasteiger partial charge in [0.1, 0.15) is 24.9 Å². The van der Waals surface area contributed by atoms with Gasteiger partial charge in [0.15, 0.2) is 11.5 Å². The molecule has 0 saturated carbocycles. The zero-order valence-electron chi connectivity index (χ0n) is 13.9. The van der Waals surface area contributed by atoms with Crippen LogP contribution in [-0.4, -0.2) is 54.1 Å². The summed E-state index contributed by atoms with van der Waals surface area (Å²) in [6.07, 6.45) is -2.18. The van der Waals surface area contributed by atoms with Crippen LogP contribution in [0.15, 0.2) is 35.4 Å². The highest BCUT2D eigenvalue weighted by molar-refractivity contribution is 5.89. The van der Waals surface area contributed by atoms with Crippen LogP contribution < -0.4 is 0 Å². The lowest BCUT2D eigenvalue weighted by Gasteiger charge is -2.29. The molecule has 0 spiro atoms. The van der Waals surface area contributed by atoms with Crippen LogP contribution in [-0.2, 0) is 18.9 Å². The van der Waals surface area contributed by atoms with Gasteiger partial charge in [-0.1, -0.05) is 23.3 Å². The van der Waals surface area contributed by atoms with Crippen molar-refractivity contribution in [3.63, 3.8) is 0 Å². The molecule has 4 atom stereocenters. The first-order valence-corrected chi connectivity index (χ1v) is 7.83. The third-order valence-electron chi connectivity index (χ3n) is 4.12. The van der Waals surface area contributed by atoms with Gasteiger partial charge in [0.2, 0.25) is 0 Å². The standard InChI is InChI=1S/C16H19N3O6/c1-15(2)24-12-11(8-22-14(21)10-6-4-3-5-7-10)23-16(9-20,18-19-17)13(12)25-15/h3-7,11-13,20H,8-9H2,1-2H3/t11-,12-,13-,16-/m1/s1. The Hall–Kier alpha value is -2.16. The number of fused-ring (bicyclic) bond motifs is 1. The number of hydrogen-bond donors (Lipinski definition) is 1. The first-order valence-electron chi connectivity index (χ1n) is 7.83. The molecule has 2 aliphatic rings. The van der Waals surface area contributed by atoms with Crippen LogP contribution in [0.25, 0.3) is 10.4 Å². The van der Waals surface area contributed by atoms with Crippen molar-refractivity contribution in [2.75, 3.05) is 13.2 Å². The fourth-order valence-corrected chi connectivity index (χ4v) is 3.07. The largest absolute Gasteiger partial charge is 0.459 e. The van der Waals surface area contributed by atoms with Crippen LogP contribution in [0.4, 0.5) is 0 Å². The van der Waals surface area contributed by atoms with Gasteiger partial charge >= 0.3 is 5.97 Å². The number of esters is 1. The van der Waals surface area contributed by atoms with Crippen molar-refractivity contribution in [1.82, 2.24) is 0 Å². The normalized spacial score (nSPS) is 32.7. The molecule has 9 nitrogen and oxygen atoms in total. The van der Waals surface area contributed by atoms with Gasteiger partial charge in [0.25, 0.3) is 0 Å². The number of benzene rings is 1. The molecule has 0 unspecified atom stereocenters. The van der Waals surface area contributed by atoms with Gasteiger partial charge in [-0.15, -0.1) is 0 Å². The molecule has 0 amide bonds. The van der Waals surface area contributed by atoms with Crippen molar-refractivity contribution in [1.29, 1.82) is 0 Å². The lowest BCUT2D eigenvalue weighted by Crippen LogP contribution is -2.44. The van der Waals surface area contributed by atoms with Crippen LogP contribution in [0, 0.1) is 0 Å². The zero-order chi connectivity index (χ0) is 18.1. The quantitative estimate of drug-likeness (QED) is 0.374. The summed E-state index contributed by atoms with van der Waals surface area (Å²) >= 11 is 0. The number of carbonyl (C=O) groups is 1. The lowest BCUT2D eigenvalue weighted by molar-refractivity contribution is -0.217. The van der Waals surface area contributed by atoms with E-state index in [1.54, 1.807) is 44.2 Å². The number of carbonyl (C=O) groups excluding carboxylic acids is 1. The number of hydrogen-bond acceptors (Lipinski definition) is 7. The summed E-state index contributed by atoms with van der Waals surface area (Å²) in [6, 6.07) is 8.53. The summed E-state index contributed by atoms with van der Waals surface area (Å²) in [4.78, 5) is 14.8. The summed E-state index contributed by atoms with van der Waals surface area (Å²) in [5.41, 5.74) is 7.60. The third-order valence-corrected chi connectivity index (χ3v) is 4.12. The molecule has 1 aromatic rings. The molecular weight excluding hydrogens is 330 g/mol. The number of aliphatic hydroxyl groups is 1. The first kappa shape index (κ1) is 17.7. The molecule has 0 radical (unpaired) electrons. The van der Waals surface area contributed by atoms with Gasteiger partial charge < -0.3 is 24.1 Å². The van der Waals surface area contributed by atoms with E-state index in [0.29, 0.717) is 5.56 Å². The second-order valence-electron chi connectivity index (χ2n) is 6.33. The molecule has 3 rings (SSSR count). The smallest absolute Gasteiger partial charge is 0.338 e. The van der Waals surface area contributed by atoms with Gasteiger partial charge in [0, 0.05) is 4.91 Å². The van der Waals surface area contributed by atoms with Crippen LogP contribution in [0.5, 0.6) is 0 Å². The summed E-state index contributed by atoms with van der Waals surface area (Å²) < 4.78 is 22.5. The topological polar surface area (TPSA) is 123 Å². The van der Waals surface area contributed by atoms with E-state index in [1.807, 2.05) is 0 Å². The minimum absolute atomic E-state index is 0.128. The molecular formula is C16H19N3O6. The van der Waals surface area contributed by atoms with E-state index in [2.05, 4.69) is 10.0 Å². The van der Waals surface area contributed by atoms with E-state index in [-0.39, 0.29) is 6.61 Å². The minimum atomic E-state index is -1.61. The summed E-state index contributed by atoms with van der Waals surface area (Å²) in [5.74, 6) is -1.45. The number of nitrogens with zero attached hydrogens (tertiary/aromatic N) is 3. The fraction of sp³-hybridized carbons (Fsp3) is 0.562. The Morgan fingerprint density at radius 2 is 2.04 bits per heavy atom. The van der Waals surface area contributed by atoms with Gasteiger partial charge in [-0.3, -0.25) is 0 Å². The van der Waals surface area contributed by atoms with Gasteiger partial charge in [0.05, 0.1) is 12.2 Å². The van der Waals surface area contributed by atoms with E-state index in [4.69, 9.17) is 24.5 Å². The highest BCUT2D eigenvalue weighted by Gasteiger charge is 2.63. The summed E-state index contributed by atoms with van der Waals surface area (Å²) in [5, 5.41) is 13.3. The second-order valence-corrected chi connectivity index (χ2v) is 6.33. The van der Waals surface area contributed by atoms with Crippen molar-refractivity contribution in [2.45, 2.75) is 43.7 Å². The average Bonchev–Trinajstić information content (AvgIpc) is 3.06. The van der Waals surface area contributed by atoms with Gasteiger partial charge in [-0.25, -0.2) is 4.79 Å². The van der Waals surface area contributed by atoms with Crippen molar-refractivity contribution >= 4 is 5.97 Å². The van der Waals surface area contributed by atoms with E-state index >= 15 is 0 Å². The number of rotatable bonds is 5. The highest BCUT2D eigenvalue weighted by Crippen LogP contribution is 2.44. The Morgan fingerprint density at radius 1 is 1.32 bits per heavy atom. The number of aliphatic hydroxyl groups excluding tert-OH is 1. The molecule has 2 aliphatic heterocycles. The number of ether oxygens (including phenoxy) is 4. The van der Waals surface area contributed by atoms with E-state index in [9.17, 15) is 9.90 Å². The molecule has 2 heterocycles. The number of azide groups is 1. The van der Waals surface area contributed by atoms with Crippen LogP contribution in [0.1, 0.15) is 24.2 Å². The van der Waals surface area contributed by atoms with E-state index < -0.39 is 42.4 Å². The Labute approximate surface area is 144 Å². The maximum atomic E-state index is 12.1. The molecule has 2 saturated heterocycles. The maximum Gasteiger partial charge on any atom is 0.338 e. The molecule has 2 fully saturated rings. The monoisotopic (exact) mass is 349 g/mol. The zero-order valence-corrected chi connectivity index (χ0v) is 13.9.